The fourth-order valence-corrected chi connectivity index (χ4v) is 2.82. The van der Waals surface area contributed by atoms with Crippen LogP contribution in [0.2, 0.25) is 0 Å². The van der Waals surface area contributed by atoms with Crippen LogP contribution in [-0.2, 0) is 0 Å². The Morgan fingerprint density at radius 3 is 2.64 bits per heavy atom. The van der Waals surface area contributed by atoms with Gasteiger partial charge in [0.15, 0.2) is 0 Å². The minimum absolute atomic E-state index is 0.923. The first kappa shape index (κ1) is 12.9. The molecule has 0 saturated heterocycles. The molecule has 0 amide bonds. The van der Waals surface area contributed by atoms with Gasteiger partial charge in [0.2, 0.25) is 0 Å². The number of nitrogens with zero attached hydrogens (tertiary/aromatic N) is 3. The molecule has 0 atom stereocenters. The summed E-state index contributed by atoms with van der Waals surface area (Å²) in [7, 11) is 0. The molecule has 0 radical (unpaired) electrons. The van der Waals surface area contributed by atoms with Crippen molar-refractivity contribution >= 4 is 21.9 Å². The summed E-state index contributed by atoms with van der Waals surface area (Å²) in [5.41, 5.74) is 7.37. The van der Waals surface area contributed by atoms with Gasteiger partial charge in [-0.15, -0.1) is 0 Å². The van der Waals surface area contributed by atoms with Gasteiger partial charge in [0.05, 0.1) is 22.2 Å². The highest BCUT2D eigenvalue weighted by molar-refractivity contribution is 5.89. The summed E-state index contributed by atoms with van der Waals surface area (Å²) in [6.45, 7) is 4.06. The summed E-state index contributed by atoms with van der Waals surface area (Å²) in [6, 6.07) is 14.7. The van der Waals surface area contributed by atoms with Crippen LogP contribution in [0.5, 0.6) is 0 Å². The zero-order chi connectivity index (χ0) is 15.1. The lowest BCUT2D eigenvalue weighted by atomic mass is 9.99. The number of hydrogen-bond donors (Lipinski definition) is 0. The lowest BCUT2D eigenvalue weighted by Crippen LogP contribution is -1.89. The van der Waals surface area contributed by atoms with Crippen molar-refractivity contribution in [1.82, 2.24) is 15.0 Å². The van der Waals surface area contributed by atoms with Crippen molar-refractivity contribution in [2.75, 3.05) is 0 Å². The maximum absolute atomic E-state index is 4.51. The molecule has 0 aliphatic heterocycles. The molecule has 4 rings (SSSR count). The molecule has 0 fully saturated rings. The first-order chi connectivity index (χ1) is 10.7. The first-order valence-electron chi connectivity index (χ1n) is 7.30. The predicted molar refractivity (Wildman–Crippen MR) is 89.7 cm³/mol. The third-order valence-electron chi connectivity index (χ3n) is 3.89. The van der Waals surface area contributed by atoms with Crippen LogP contribution in [-0.4, -0.2) is 15.0 Å². The summed E-state index contributed by atoms with van der Waals surface area (Å²) in [5.74, 6) is 0. The molecule has 0 aliphatic carbocycles. The van der Waals surface area contributed by atoms with E-state index in [4.69, 9.17) is 0 Å². The summed E-state index contributed by atoms with van der Waals surface area (Å²) < 4.78 is 0. The van der Waals surface area contributed by atoms with E-state index in [1.54, 1.807) is 0 Å². The maximum atomic E-state index is 4.51. The van der Waals surface area contributed by atoms with Gasteiger partial charge in [-0.25, -0.2) is 4.98 Å². The summed E-state index contributed by atoms with van der Waals surface area (Å²) in [4.78, 5) is 13.4. The number of benzene rings is 2. The van der Waals surface area contributed by atoms with E-state index in [1.807, 2.05) is 31.5 Å². The molecule has 0 bridgehead atoms. The van der Waals surface area contributed by atoms with Crippen LogP contribution in [0.3, 0.4) is 0 Å². The van der Waals surface area contributed by atoms with Crippen LogP contribution in [0.25, 0.3) is 33.1 Å². The number of aryl methyl sites for hydroxylation is 2. The normalized spacial score (nSPS) is 11.2. The molecule has 4 aromatic rings. The fourth-order valence-electron chi connectivity index (χ4n) is 2.82. The van der Waals surface area contributed by atoms with Crippen molar-refractivity contribution < 1.29 is 0 Å². The molecule has 3 nitrogen and oxygen atoms in total. The minimum Gasteiger partial charge on any atom is -0.256 e. The number of hydrogen-bond acceptors (Lipinski definition) is 3. The van der Waals surface area contributed by atoms with E-state index in [-0.39, 0.29) is 0 Å². The highest BCUT2D eigenvalue weighted by atomic mass is 14.8. The van der Waals surface area contributed by atoms with Gasteiger partial charge in [-0.05, 0) is 60.9 Å². The summed E-state index contributed by atoms with van der Waals surface area (Å²) >= 11 is 0. The van der Waals surface area contributed by atoms with Crippen molar-refractivity contribution in [2.24, 2.45) is 0 Å². The molecule has 0 saturated carbocycles. The zero-order valence-electron chi connectivity index (χ0n) is 12.5. The van der Waals surface area contributed by atoms with Crippen LogP contribution < -0.4 is 0 Å². The van der Waals surface area contributed by atoms with Crippen molar-refractivity contribution in [3.63, 3.8) is 0 Å². The Morgan fingerprint density at radius 2 is 1.73 bits per heavy atom. The standard InChI is InChI=1S/C19H15N3/c1-12-8-16(9-15-4-3-7-20-19(12)15)14-5-6-17-18(10-14)21-11-13(2)22-17/h3-11H,1-2H3. The second-order valence-corrected chi connectivity index (χ2v) is 5.58. The lowest BCUT2D eigenvalue weighted by molar-refractivity contribution is 1.19. The zero-order valence-corrected chi connectivity index (χ0v) is 12.5. The van der Waals surface area contributed by atoms with E-state index >= 15 is 0 Å². The van der Waals surface area contributed by atoms with Gasteiger partial charge in [-0.2, -0.15) is 0 Å². The molecule has 3 heteroatoms. The van der Waals surface area contributed by atoms with Gasteiger partial charge in [-0.1, -0.05) is 12.1 Å². The molecule has 0 spiro atoms. The van der Waals surface area contributed by atoms with Gasteiger partial charge >= 0.3 is 0 Å². The average molecular weight is 285 g/mol. The maximum Gasteiger partial charge on any atom is 0.0893 e. The second kappa shape index (κ2) is 4.88. The number of rotatable bonds is 1. The highest BCUT2D eigenvalue weighted by Crippen LogP contribution is 2.28. The average Bonchev–Trinajstić information content (AvgIpc) is 2.54. The SMILES string of the molecule is Cc1cnc2cc(-c3cc(C)c4ncccc4c3)ccc2n1. The Labute approximate surface area is 128 Å². The summed E-state index contributed by atoms with van der Waals surface area (Å²) in [6.07, 6.45) is 3.64. The molecule has 0 aliphatic rings. The molecular formula is C19H15N3. The molecule has 0 unspecified atom stereocenters. The Hall–Kier alpha value is -2.81. The van der Waals surface area contributed by atoms with Crippen LogP contribution in [0.4, 0.5) is 0 Å². The molecule has 2 aromatic heterocycles. The summed E-state index contributed by atoms with van der Waals surface area (Å²) in [5, 5.41) is 1.16. The fraction of sp³-hybridized carbons (Fsp3) is 0.105. The van der Waals surface area contributed by atoms with E-state index in [1.165, 1.54) is 11.1 Å². The number of pyridine rings is 1. The van der Waals surface area contributed by atoms with Gasteiger partial charge < -0.3 is 0 Å². The van der Waals surface area contributed by atoms with Crippen molar-refractivity contribution in [2.45, 2.75) is 13.8 Å². The Balaban J connectivity index is 1.92. The van der Waals surface area contributed by atoms with E-state index in [2.05, 4.69) is 52.2 Å². The Kier molecular flexibility index (Phi) is 2.86. The van der Waals surface area contributed by atoms with E-state index < -0.39 is 0 Å². The minimum atomic E-state index is 0.923. The molecule has 22 heavy (non-hydrogen) atoms. The van der Waals surface area contributed by atoms with Crippen LogP contribution in [0.15, 0.2) is 54.9 Å². The number of aromatic nitrogens is 3. The molecule has 2 aromatic carbocycles. The van der Waals surface area contributed by atoms with Gasteiger partial charge in [0.1, 0.15) is 0 Å². The molecule has 2 heterocycles. The highest BCUT2D eigenvalue weighted by Gasteiger charge is 2.06. The van der Waals surface area contributed by atoms with Crippen molar-refractivity contribution in [3.05, 3.63) is 66.1 Å². The largest absolute Gasteiger partial charge is 0.256 e. The van der Waals surface area contributed by atoms with Crippen LogP contribution >= 0.6 is 0 Å². The molecular weight excluding hydrogens is 270 g/mol. The Bertz CT molecular complexity index is 1010. The van der Waals surface area contributed by atoms with Crippen molar-refractivity contribution in [3.8, 4) is 11.1 Å². The lowest BCUT2D eigenvalue weighted by Gasteiger charge is -2.08. The quantitative estimate of drug-likeness (QED) is 0.518. The topological polar surface area (TPSA) is 38.7 Å². The third-order valence-corrected chi connectivity index (χ3v) is 3.89. The third kappa shape index (κ3) is 2.11. The second-order valence-electron chi connectivity index (χ2n) is 5.58. The smallest absolute Gasteiger partial charge is 0.0893 e. The van der Waals surface area contributed by atoms with Crippen LogP contribution in [0.1, 0.15) is 11.3 Å². The van der Waals surface area contributed by atoms with E-state index in [0.717, 1.165) is 33.2 Å². The van der Waals surface area contributed by atoms with Gasteiger partial charge in [-0.3, -0.25) is 9.97 Å². The van der Waals surface area contributed by atoms with E-state index in [0.29, 0.717) is 0 Å². The first-order valence-corrected chi connectivity index (χ1v) is 7.30. The monoisotopic (exact) mass is 285 g/mol. The number of fused-ring (bicyclic) bond motifs is 2. The predicted octanol–water partition coefficient (Wildman–Crippen LogP) is 4.46. The van der Waals surface area contributed by atoms with Gasteiger partial charge in [0.25, 0.3) is 0 Å². The van der Waals surface area contributed by atoms with Gasteiger partial charge in [0, 0.05) is 17.8 Å². The Morgan fingerprint density at radius 1 is 0.818 bits per heavy atom. The molecule has 0 N–H and O–H groups in total. The van der Waals surface area contributed by atoms with E-state index in [9.17, 15) is 0 Å². The van der Waals surface area contributed by atoms with Crippen LogP contribution in [0, 0.1) is 13.8 Å². The molecule has 106 valence electrons. The van der Waals surface area contributed by atoms with Crippen molar-refractivity contribution in [1.29, 1.82) is 0 Å².